The zero-order chi connectivity index (χ0) is 16.2. The van der Waals surface area contributed by atoms with E-state index in [-0.39, 0.29) is 18.4 Å². The van der Waals surface area contributed by atoms with Crippen LogP contribution in [0.1, 0.15) is 47.8 Å². The molecule has 122 valence electrons. The normalized spacial score (nSPS) is 13.6. The lowest BCUT2D eigenvalue weighted by atomic mass is 9.95. The van der Waals surface area contributed by atoms with Crippen molar-refractivity contribution in [3.05, 3.63) is 35.0 Å². The molecule has 2 aromatic rings. The second-order valence-electron chi connectivity index (χ2n) is 6.08. The maximum absolute atomic E-state index is 12.3. The predicted octanol–water partition coefficient (Wildman–Crippen LogP) is 2.30. The van der Waals surface area contributed by atoms with E-state index in [1.807, 2.05) is 25.1 Å². The van der Waals surface area contributed by atoms with Crippen LogP contribution >= 0.6 is 0 Å². The van der Waals surface area contributed by atoms with Gasteiger partial charge in [0.25, 0.3) is 5.91 Å². The highest BCUT2D eigenvalue weighted by Gasteiger charge is 2.17. The Morgan fingerprint density at radius 3 is 2.83 bits per heavy atom. The minimum absolute atomic E-state index is 0.0160. The van der Waals surface area contributed by atoms with Gasteiger partial charge in [0.15, 0.2) is 0 Å². The maximum atomic E-state index is 12.3. The fourth-order valence-electron chi connectivity index (χ4n) is 3.14. The van der Waals surface area contributed by atoms with Gasteiger partial charge in [0.1, 0.15) is 0 Å². The van der Waals surface area contributed by atoms with Crippen molar-refractivity contribution in [2.24, 2.45) is 0 Å². The summed E-state index contributed by atoms with van der Waals surface area (Å²) in [6.45, 7) is 2.64. The highest BCUT2D eigenvalue weighted by atomic mass is 16.2. The fourth-order valence-corrected chi connectivity index (χ4v) is 3.14. The van der Waals surface area contributed by atoms with E-state index in [0.717, 1.165) is 30.2 Å². The molecule has 0 saturated carbocycles. The molecule has 0 radical (unpaired) electrons. The standard InChI is InChI=1S/C18H23N3O2/c1-2-9-19-17(22)11-20-18(23)12-7-8-16-14(10-12)13-5-3-4-6-15(13)21-16/h7-8,10,21H,2-6,9,11H2,1H3,(H,19,22)(H,20,23). The van der Waals surface area contributed by atoms with Crippen molar-refractivity contribution in [1.82, 2.24) is 15.6 Å². The van der Waals surface area contributed by atoms with E-state index in [4.69, 9.17) is 0 Å². The maximum Gasteiger partial charge on any atom is 0.251 e. The molecule has 1 heterocycles. The Morgan fingerprint density at radius 1 is 1.17 bits per heavy atom. The highest BCUT2D eigenvalue weighted by Crippen LogP contribution is 2.29. The van der Waals surface area contributed by atoms with E-state index in [1.165, 1.54) is 24.1 Å². The highest BCUT2D eigenvalue weighted by molar-refractivity contribution is 6.00. The van der Waals surface area contributed by atoms with Crippen LogP contribution < -0.4 is 10.6 Å². The number of aryl methyl sites for hydroxylation is 2. The lowest BCUT2D eigenvalue weighted by Gasteiger charge is -2.10. The van der Waals surface area contributed by atoms with Gasteiger partial charge in [0, 0.05) is 28.7 Å². The minimum Gasteiger partial charge on any atom is -0.358 e. The van der Waals surface area contributed by atoms with Crippen LogP contribution in [0.25, 0.3) is 10.9 Å². The SMILES string of the molecule is CCCNC(=O)CNC(=O)c1ccc2[nH]c3c(c2c1)CCCC3. The molecular formula is C18H23N3O2. The lowest BCUT2D eigenvalue weighted by Crippen LogP contribution is -2.37. The molecule has 0 unspecified atom stereocenters. The molecule has 1 aliphatic rings. The molecule has 0 saturated heterocycles. The van der Waals surface area contributed by atoms with Crippen molar-refractivity contribution in [3.8, 4) is 0 Å². The molecule has 1 aliphatic carbocycles. The summed E-state index contributed by atoms with van der Waals surface area (Å²) in [6.07, 6.45) is 5.46. The number of H-pyrrole nitrogens is 1. The van der Waals surface area contributed by atoms with Crippen LogP contribution in [0.2, 0.25) is 0 Å². The van der Waals surface area contributed by atoms with Gasteiger partial charge in [0.05, 0.1) is 6.54 Å². The Balaban J connectivity index is 1.72. The van der Waals surface area contributed by atoms with E-state index < -0.39 is 0 Å². The van der Waals surface area contributed by atoms with Gasteiger partial charge in [0.2, 0.25) is 5.91 Å². The summed E-state index contributed by atoms with van der Waals surface area (Å²) in [5, 5.41) is 6.57. The van der Waals surface area contributed by atoms with Gasteiger partial charge in [-0.15, -0.1) is 0 Å². The molecule has 0 aliphatic heterocycles. The monoisotopic (exact) mass is 313 g/mol. The van der Waals surface area contributed by atoms with Gasteiger partial charge in [-0.05, 0) is 55.9 Å². The number of benzene rings is 1. The van der Waals surface area contributed by atoms with Gasteiger partial charge < -0.3 is 15.6 Å². The summed E-state index contributed by atoms with van der Waals surface area (Å²) in [5.41, 5.74) is 4.35. The quantitative estimate of drug-likeness (QED) is 0.792. The number of aromatic nitrogens is 1. The molecule has 1 aromatic heterocycles. The zero-order valence-corrected chi connectivity index (χ0v) is 13.5. The molecule has 23 heavy (non-hydrogen) atoms. The van der Waals surface area contributed by atoms with Crippen molar-refractivity contribution >= 4 is 22.7 Å². The molecule has 5 nitrogen and oxygen atoms in total. The van der Waals surface area contributed by atoms with Crippen LogP contribution in [0, 0.1) is 0 Å². The van der Waals surface area contributed by atoms with E-state index in [2.05, 4.69) is 15.6 Å². The Kier molecular flexibility index (Phi) is 4.65. The fraction of sp³-hybridized carbons (Fsp3) is 0.444. The van der Waals surface area contributed by atoms with E-state index in [0.29, 0.717) is 12.1 Å². The van der Waals surface area contributed by atoms with Crippen LogP contribution in [0.15, 0.2) is 18.2 Å². The average Bonchev–Trinajstić information content (AvgIpc) is 2.95. The molecule has 0 spiro atoms. The molecule has 0 atom stereocenters. The number of hydrogen-bond acceptors (Lipinski definition) is 2. The summed E-state index contributed by atoms with van der Waals surface area (Å²) < 4.78 is 0. The molecule has 3 N–H and O–H groups in total. The van der Waals surface area contributed by atoms with Crippen molar-refractivity contribution < 1.29 is 9.59 Å². The molecule has 0 bridgehead atoms. The first-order chi connectivity index (χ1) is 11.2. The third-order valence-electron chi connectivity index (χ3n) is 4.34. The van der Waals surface area contributed by atoms with Crippen molar-refractivity contribution in [1.29, 1.82) is 0 Å². The molecule has 5 heteroatoms. The van der Waals surface area contributed by atoms with Crippen LogP contribution in [-0.4, -0.2) is 29.9 Å². The third-order valence-corrected chi connectivity index (χ3v) is 4.34. The van der Waals surface area contributed by atoms with Crippen LogP contribution in [0.5, 0.6) is 0 Å². The summed E-state index contributed by atoms with van der Waals surface area (Å²) in [7, 11) is 0. The van der Waals surface area contributed by atoms with Crippen LogP contribution in [0.3, 0.4) is 0 Å². The molecule has 3 rings (SSSR count). The van der Waals surface area contributed by atoms with E-state index in [1.54, 1.807) is 0 Å². The van der Waals surface area contributed by atoms with Crippen molar-refractivity contribution in [3.63, 3.8) is 0 Å². The molecular weight excluding hydrogens is 290 g/mol. The Labute approximate surface area is 135 Å². The van der Waals surface area contributed by atoms with Gasteiger partial charge in [-0.3, -0.25) is 9.59 Å². The number of amides is 2. The largest absolute Gasteiger partial charge is 0.358 e. The first-order valence-electron chi connectivity index (χ1n) is 8.37. The summed E-state index contributed by atoms with van der Waals surface area (Å²) in [6, 6.07) is 5.71. The number of aromatic amines is 1. The van der Waals surface area contributed by atoms with Crippen molar-refractivity contribution in [2.45, 2.75) is 39.0 Å². The number of fused-ring (bicyclic) bond motifs is 3. The number of hydrogen-bond donors (Lipinski definition) is 3. The second-order valence-corrected chi connectivity index (χ2v) is 6.08. The van der Waals surface area contributed by atoms with Crippen molar-refractivity contribution in [2.75, 3.05) is 13.1 Å². The van der Waals surface area contributed by atoms with Crippen LogP contribution in [-0.2, 0) is 17.6 Å². The summed E-state index contributed by atoms with van der Waals surface area (Å²) >= 11 is 0. The number of rotatable bonds is 5. The Morgan fingerprint density at radius 2 is 2.00 bits per heavy atom. The van der Waals surface area contributed by atoms with Crippen LogP contribution in [0.4, 0.5) is 0 Å². The Bertz CT molecular complexity index is 733. The first-order valence-corrected chi connectivity index (χ1v) is 8.37. The lowest BCUT2D eigenvalue weighted by molar-refractivity contribution is -0.120. The smallest absolute Gasteiger partial charge is 0.251 e. The summed E-state index contributed by atoms with van der Waals surface area (Å²) in [5.74, 6) is -0.357. The Hall–Kier alpha value is -2.30. The number of carbonyl (C=O) groups excluding carboxylic acids is 2. The van der Waals surface area contributed by atoms with Gasteiger partial charge in [-0.1, -0.05) is 6.92 Å². The first kappa shape index (κ1) is 15.6. The third kappa shape index (κ3) is 3.38. The zero-order valence-electron chi connectivity index (χ0n) is 13.5. The second kappa shape index (κ2) is 6.86. The minimum atomic E-state index is -0.204. The topological polar surface area (TPSA) is 74.0 Å². The molecule has 1 aromatic carbocycles. The van der Waals surface area contributed by atoms with Gasteiger partial charge in [-0.25, -0.2) is 0 Å². The number of nitrogens with one attached hydrogen (secondary N) is 3. The predicted molar refractivity (Wildman–Crippen MR) is 90.6 cm³/mol. The van der Waals surface area contributed by atoms with E-state index in [9.17, 15) is 9.59 Å². The molecule has 2 amide bonds. The average molecular weight is 313 g/mol. The van der Waals surface area contributed by atoms with Gasteiger partial charge >= 0.3 is 0 Å². The van der Waals surface area contributed by atoms with E-state index >= 15 is 0 Å². The summed E-state index contributed by atoms with van der Waals surface area (Å²) in [4.78, 5) is 27.3. The molecule has 0 fully saturated rings. The van der Waals surface area contributed by atoms with Gasteiger partial charge in [-0.2, -0.15) is 0 Å². The number of carbonyl (C=O) groups is 2.